The molecular formula is C13H13F3N2S2. The third-order valence-corrected chi connectivity index (χ3v) is 4.88. The van der Waals surface area contributed by atoms with Crippen molar-refractivity contribution in [3.05, 3.63) is 46.4 Å². The summed E-state index contributed by atoms with van der Waals surface area (Å²) >= 11 is 2.30. The summed E-state index contributed by atoms with van der Waals surface area (Å²) in [7, 11) is 1.74. The van der Waals surface area contributed by atoms with Gasteiger partial charge in [-0.1, -0.05) is 18.2 Å². The second kappa shape index (κ2) is 6.60. The molecule has 0 bridgehead atoms. The van der Waals surface area contributed by atoms with Crippen molar-refractivity contribution in [1.29, 1.82) is 0 Å². The van der Waals surface area contributed by atoms with Gasteiger partial charge in [-0.2, -0.15) is 13.2 Å². The molecule has 0 amide bonds. The van der Waals surface area contributed by atoms with Crippen molar-refractivity contribution in [2.45, 2.75) is 17.1 Å². The normalized spacial score (nSPS) is 13.4. The number of thiazole rings is 1. The van der Waals surface area contributed by atoms with Crippen LogP contribution in [0, 0.1) is 0 Å². The van der Waals surface area contributed by atoms with Gasteiger partial charge in [0, 0.05) is 21.7 Å². The Labute approximate surface area is 123 Å². The topological polar surface area (TPSA) is 24.9 Å². The van der Waals surface area contributed by atoms with Crippen molar-refractivity contribution < 1.29 is 13.2 Å². The summed E-state index contributed by atoms with van der Waals surface area (Å²) in [5.41, 5.74) is 0. The van der Waals surface area contributed by atoms with Gasteiger partial charge in [0.25, 0.3) is 0 Å². The summed E-state index contributed by atoms with van der Waals surface area (Å²) in [6.45, 7) is 0. The van der Waals surface area contributed by atoms with E-state index in [0.29, 0.717) is 22.0 Å². The number of halogens is 3. The zero-order chi connectivity index (χ0) is 14.6. The standard InChI is InChI=1S/C13H13F3N2S2/c1-17-10(8-19-9-5-3-2-4-6-9)11-7-18-12(20-11)13(14,15)16/h2-7,10,17H,8H2,1H3. The van der Waals surface area contributed by atoms with Crippen LogP contribution in [0.1, 0.15) is 15.9 Å². The molecule has 0 aliphatic heterocycles. The summed E-state index contributed by atoms with van der Waals surface area (Å²) in [4.78, 5) is 5.15. The molecule has 0 saturated carbocycles. The van der Waals surface area contributed by atoms with Crippen molar-refractivity contribution in [3.8, 4) is 0 Å². The smallest absolute Gasteiger partial charge is 0.312 e. The third kappa shape index (κ3) is 3.97. The summed E-state index contributed by atoms with van der Waals surface area (Å²) in [6, 6.07) is 9.61. The Balaban J connectivity index is 2.03. The van der Waals surface area contributed by atoms with Crippen LogP contribution in [0.3, 0.4) is 0 Å². The third-order valence-electron chi connectivity index (χ3n) is 2.62. The predicted octanol–water partition coefficient (Wildman–Crippen LogP) is 4.21. The highest BCUT2D eigenvalue weighted by molar-refractivity contribution is 7.99. The number of hydrogen-bond acceptors (Lipinski definition) is 4. The van der Waals surface area contributed by atoms with Crippen LogP contribution in [0.25, 0.3) is 0 Å². The fraction of sp³-hybridized carbons (Fsp3) is 0.308. The van der Waals surface area contributed by atoms with Gasteiger partial charge >= 0.3 is 6.18 Å². The first kappa shape index (κ1) is 15.3. The SMILES string of the molecule is CNC(CSc1ccccc1)c1cnc(C(F)(F)F)s1. The first-order valence-corrected chi connectivity index (χ1v) is 7.69. The number of hydrogen-bond donors (Lipinski definition) is 1. The van der Waals surface area contributed by atoms with E-state index < -0.39 is 11.2 Å². The van der Waals surface area contributed by atoms with E-state index in [1.807, 2.05) is 30.3 Å². The number of benzene rings is 1. The molecule has 7 heteroatoms. The number of rotatable bonds is 5. The first-order chi connectivity index (χ1) is 9.50. The van der Waals surface area contributed by atoms with Crippen molar-refractivity contribution in [3.63, 3.8) is 0 Å². The van der Waals surface area contributed by atoms with Crippen LogP contribution >= 0.6 is 23.1 Å². The zero-order valence-corrected chi connectivity index (χ0v) is 12.3. The quantitative estimate of drug-likeness (QED) is 0.836. The summed E-state index contributed by atoms with van der Waals surface area (Å²) in [6.07, 6.45) is -3.06. The maximum atomic E-state index is 12.5. The fourth-order valence-electron chi connectivity index (χ4n) is 1.58. The molecule has 0 aliphatic carbocycles. The maximum Gasteiger partial charge on any atom is 0.443 e. The molecule has 2 aromatic rings. The van der Waals surface area contributed by atoms with Crippen LogP contribution in [-0.4, -0.2) is 17.8 Å². The molecule has 108 valence electrons. The van der Waals surface area contributed by atoms with Gasteiger partial charge in [0.2, 0.25) is 0 Å². The Morgan fingerprint density at radius 1 is 1.30 bits per heavy atom. The van der Waals surface area contributed by atoms with Crippen molar-refractivity contribution in [2.24, 2.45) is 0 Å². The molecule has 0 aliphatic rings. The Bertz CT molecular complexity index is 540. The minimum atomic E-state index is -4.37. The van der Waals surface area contributed by atoms with E-state index in [-0.39, 0.29) is 6.04 Å². The molecule has 1 N–H and O–H groups in total. The van der Waals surface area contributed by atoms with Crippen LogP contribution in [0.4, 0.5) is 13.2 Å². The minimum Gasteiger partial charge on any atom is -0.312 e. The highest BCUT2D eigenvalue weighted by Gasteiger charge is 2.35. The second-order valence-corrected chi connectivity index (χ2v) is 6.19. The maximum absolute atomic E-state index is 12.5. The van der Waals surface area contributed by atoms with Gasteiger partial charge in [-0.05, 0) is 19.2 Å². The van der Waals surface area contributed by atoms with Crippen molar-refractivity contribution in [1.82, 2.24) is 10.3 Å². The van der Waals surface area contributed by atoms with Gasteiger partial charge in [-0.15, -0.1) is 23.1 Å². The Morgan fingerprint density at radius 3 is 2.55 bits per heavy atom. The van der Waals surface area contributed by atoms with Gasteiger partial charge in [-0.3, -0.25) is 0 Å². The number of thioether (sulfide) groups is 1. The lowest BCUT2D eigenvalue weighted by molar-refractivity contribution is -0.137. The second-order valence-electron chi connectivity index (χ2n) is 4.03. The average Bonchev–Trinajstić information content (AvgIpc) is 2.90. The highest BCUT2D eigenvalue weighted by atomic mass is 32.2. The summed E-state index contributed by atoms with van der Waals surface area (Å²) < 4.78 is 37.6. The number of nitrogens with one attached hydrogen (secondary N) is 1. The lowest BCUT2D eigenvalue weighted by atomic mass is 10.3. The van der Waals surface area contributed by atoms with Crippen LogP contribution in [0.2, 0.25) is 0 Å². The zero-order valence-electron chi connectivity index (χ0n) is 10.6. The summed E-state index contributed by atoms with van der Waals surface area (Å²) in [5.74, 6) is 0.653. The summed E-state index contributed by atoms with van der Waals surface area (Å²) in [5, 5.41) is 2.24. The van der Waals surface area contributed by atoms with Crippen molar-refractivity contribution >= 4 is 23.1 Å². The molecule has 1 aromatic carbocycles. The van der Waals surface area contributed by atoms with Crippen LogP contribution in [-0.2, 0) is 6.18 Å². The fourth-order valence-corrected chi connectivity index (χ4v) is 3.64. The average molecular weight is 318 g/mol. The monoisotopic (exact) mass is 318 g/mol. The molecule has 2 nitrogen and oxygen atoms in total. The molecule has 0 spiro atoms. The lowest BCUT2D eigenvalue weighted by Crippen LogP contribution is -2.17. The van der Waals surface area contributed by atoms with E-state index in [2.05, 4.69) is 10.3 Å². The van der Waals surface area contributed by atoms with E-state index >= 15 is 0 Å². The van der Waals surface area contributed by atoms with E-state index in [0.717, 1.165) is 4.90 Å². The molecule has 1 atom stereocenters. The van der Waals surface area contributed by atoms with Crippen LogP contribution in [0.15, 0.2) is 41.4 Å². The molecule has 0 saturated heterocycles. The molecule has 1 heterocycles. The van der Waals surface area contributed by atoms with Gasteiger partial charge in [0.05, 0.1) is 6.04 Å². The number of nitrogens with zero attached hydrogens (tertiary/aromatic N) is 1. The predicted molar refractivity (Wildman–Crippen MR) is 76.1 cm³/mol. The minimum absolute atomic E-state index is 0.145. The Hall–Kier alpha value is -1.05. The van der Waals surface area contributed by atoms with E-state index in [4.69, 9.17) is 0 Å². The highest BCUT2D eigenvalue weighted by Crippen LogP contribution is 2.35. The molecule has 0 radical (unpaired) electrons. The van der Waals surface area contributed by atoms with E-state index in [1.165, 1.54) is 6.20 Å². The Morgan fingerprint density at radius 2 is 2.00 bits per heavy atom. The van der Waals surface area contributed by atoms with Gasteiger partial charge in [-0.25, -0.2) is 4.98 Å². The molecule has 2 rings (SSSR count). The number of alkyl halides is 3. The molecule has 1 aromatic heterocycles. The van der Waals surface area contributed by atoms with Gasteiger partial charge < -0.3 is 5.32 Å². The lowest BCUT2D eigenvalue weighted by Gasteiger charge is -2.13. The van der Waals surface area contributed by atoms with E-state index in [9.17, 15) is 13.2 Å². The van der Waals surface area contributed by atoms with Gasteiger partial charge in [0.15, 0.2) is 5.01 Å². The van der Waals surface area contributed by atoms with Crippen LogP contribution in [0.5, 0.6) is 0 Å². The molecular weight excluding hydrogens is 305 g/mol. The van der Waals surface area contributed by atoms with Crippen LogP contribution < -0.4 is 5.32 Å². The van der Waals surface area contributed by atoms with Crippen molar-refractivity contribution in [2.75, 3.05) is 12.8 Å². The first-order valence-electron chi connectivity index (χ1n) is 5.88. The largest absolute Gasteiger partial charge is 0.443 e. The Kier molecular flexibility index (Phi) is 5.06. The molecule has 0 fully saturated rings. The van der Waals surface area contributed by atoms with Gasteiger partial charge in [0.1, 0.15) is 0 Å². The van der Waals surface area contributed by atoms with E-state index in [1.54, 1.807) is 18.8 Å². The molecule has 1 unspecified atom stereocenters. The number of aromatic nitrogens is 1. The molecule has 20 heavy (non-hydrogen) atoms.